The van der Waals surface area contributed by atoms with Gasteiger partial charge < -0.3 is 10.1 Å². The molecule has 2 N–H and O–H groups in total. The molecule has 5 nitrogen and oxygen atoms in total. The van der Waals surface area contributed by atoms with Crippen LogP contribution in [0.4, 0.5) is 4.39 Å². The Balaban J connectivity index is 2.26. The van der Waals surface area contributed by atoms with Gasteiger partial charge in [0, 0.05) is 11.5 Å². The maximum atomic E-state index is 12.5. The lowest BCUT2D eigenvalue weighted by Gasteiger charge is -2.07. The van der Waals surface area contributed by atoms with Crippen LogP contribution in [0.2, 0.25) is 0 Å². The van der Waals surface area contributed by atoms with Crippen molar-refractivity contribution < 1.29 is 14.3 Å². The van der Waals surface area contributed by atoms with Crippen LogP contribution in [0.3, 0.4) is 0 Å². The van der Waals surface area contributed by atoms with Crippen molar-refractivity contribution in [3.63, 3.8) is 0 Å². The van der Waals surface area contributed by atoms with E-state index in [4.69, 9.17) is 5.11 Å². The fourth-order valence-electron chi connectivity index (χ4n) is 2.22. The normalized spacial score (nSPS) is 10.9. The Bertz CT molecular complexity index is 878. The van der Waals surface area contributed by atoms with E-state index in [1.165, 1.54) is 16.7 Å². The van der Waals surface area contributed by atoms with E-state index >= 15 is 0 Å². The van der Waals surface area contributed by atoms with Crippen LogP contribution in [0.15, 0.2) is 47.3 Å². The molecule has 106 valence electrons. The molecular formula is C15H11FN2O3. The van der Waals surface area contributed by atoms with Crippen LogP contribution in [-0.4, -0.2) is 20.6 Å². The Kier molecular flexibility index (Phi) is 3.06. The van der Waals surface area contributed by atoms with Gasteiger partial charge in [-0.3, -0.25) is 9.36 Å². The number of aromatic amines is 1. The van der Waals surface area contributed by atoms with Crippen LogP contribution in [0.5, 0.6) is 0 Å². The number of hydrogen-bond acceptors (Lipinski definition) is 2. The maximum absolute atomic E-state index is 12.5. The third-order valence-corrected chi connectivity index (χ3v) is 3.26. The Morgan fingerprint density at radius 1 is 1.19 bits per heavy atom. The number of benzene rings is 1. The van der Waals surface area contributed by atoms with E-state index in [9.17, 15) is 14.0 Å². The van der Waals surface area contributed by atoms with Crippen molar-refractivity contribution in [3.8, 4) is 5.69 Å². The third-order valence-electron chi connectivity index (χ3n) is 3.26. The van der Waals surface area contributed by atoms with Crippen molar-refractivity contribution in [1.29, 1.82) is 0 Å². The highest BCUT2D eigenvalue weighted by Gasteiger charge is 2.12. The number of nitrogens with one attached hydrogen (secondary N) is 1. The van der Waals surface area contributed by atoms with E-state index in [-0.39, 0.29) is 11.3 Å². The molecule has 1 aromatic carbocycles. The Labute approximate surface area is 118 Å². The molecule has 0 aliphatic rings. The van der Waals surface area contributed by atoms with Gasteiger partial charge in [0.15, 0.2) is 0 Å². The second-order valence-corrected chi connectivity index (χ2v) is 4.60. The average molecular weight is 286 g/mol. The molecule has 0 fully saturated rings. The van der Waals surface area contributed by atoms with E-state index in [0.29, 0.717) is 22.3 Å². The van der Waals surface area contributed by atoms with Crippen molar-refractivity contribution in [3.05, 3.63) is 64.1 Å². The van der Waals surface area contributed by atoms with Crippen LogP contribution < -0.4 is 5.56 Å². The minimum atomic E-state index is -1.10. The molecule has 0 aliphatic heterocycles. The highest BCUT2D eigenvalue weighted by atomic mass is 19.1. The van der Waals surface area contributed by atoms with Crippen molar-refractivity contribution >= 4 is 17.0 Å². The second-order valence-electron chi connectivity index (χ2n) is 4.60. The average Bonchev–Trinajstić information content (AvgIpc) is 2.92. The molecule has 0 unspecified atom stereocenters. The summed E-state index contributed by atoms with van der Waals surface area (Å²) in [6.07, 6.45) is 0. The SMILES string of the molecule is O=C(O)c1cc2ccc(=O)n(-c3ccc(CF)cc3)c2[nH]1. The number of H-pyrrole nitrogens is 1. The number of alkyl halides is 1. The fraction of sp³-hybridized carbons (Fsp3) is 0.0667. The van der Waals surface area contributed by atoms with Crippen molar-refractivity contribution in [1.82, 2.24) is 9.55 Å². The number of hydrogen-bond donors (Lipinski definition) is 2. The molecule has 0 saturated heterocycles. The largest absolute Gasteiger partial charge is 0.477 e. The number of carboxylic acids is 1. The molecule has 0 radical (unpaired) electrons. The highest BCUT2D eigenvalue weighted by molar-refractivity contribution is 5.93. The summed E-state index contributed by atoms with van der Waals surface area (Å²) in [6.45, 7) is -0.578. The van der Waals surface area contributed by atoms with Gasteiger partial charge in [0.2, 0.25) is 0 Å². The van der Waals surface area contributed by atoms with E-state index in [1.54, 1.807) is 30.3 Å². The molecule has 0 aliphatic carbocycles. The second kappa shape index (κ2) is 4.90. The first-order valence-corrected chi connectivity index (χ1v) is 6.23. The molecule has 3 aromatic rings. The molecular weight excluding hydrogens is 275 g/mol. The molecule has 0 saturated carbocycles. The summed E-state index contributed by atoms with van der Waals surface area (Å²) >= 11 is 0. The van der Waals surface area contributed by atoms with Gasteiger partial charge >= 0.3 is 5.97 Å². The van der Waals surface area contributed by atoms with Crippen LogP contribution >= 0.6 is 0 Å². The van der Waals surface area contributed by atoms with Crippen LogP contribution in [0.1, 0.15) is 16.1 Å². The molecule has 2 aromatic heterocycles. The summed E-state index contributed by atoms with van der Waals surface area (Å²) in [6, 6.07) is 10.8. The van der Waals surface area contributed by atoms with E-state index in [2.05, 4.69) is 4.98 Å². The van der Waals surface area contributed by atoms with Gasteiger partial charge in [-0.15, -0.1) is 0 Å². The van der Waals surface area contributed by atoms with Gasteiger partial charge in [-0.25, -0.2) is 9.18 Å². The molecule has 0 atom stereocenters. The quantitative estimate of drug-likeness (QED) is 0.776. The standard InChI is InChI=1S/C15H11FN2O3/c16-8-9-1-4-11(5-2-9)18-13(19)6-3-10-7-12(15(20)21)17-14(10)18/h1-7,17H,8H2,(H,20,21). The summed E-state index contributed by atoms with van der Waals surface area (Å²) in [4.78, 5) is 25.8. The van der Waals surface area contributed by atoms with Crippen molar-refractivity contribution in [2.75, 3.05) is 0 Å². The zero-order valence-electron chi connectivity index (χ0n) is 10.8. The zero-order valence-corrected chi connectivity index (χ0v) is 10.8. The minimum Gasteiger partial charge on any atom is -0.477 e. The summed E-state index contributed by atoms with van der Waals surface area (Å²) in [5.41, 5.74) is 1.16. The molecule has 0 amide bonds. The predicted molar refractivity (Wildman–Crippen MR) is 75.7 cm³/mol. The predicted octanol–water partition coefficient (Wildman–Crippen LogP) is 2.49. The summed E-state index contributed by atoms with van der Waals surface area (Å²) < 4.78 is 13.9. The first-order chi connectivity index (χ1) is 10.1. The van der Waals surface area contributed by atoms with Crippen LogP contribution in [0, 0.1) is 0 Å². The Morgan fingerprint density at radius 2 is 1.90 bits per heavy atom. The summed E-state index contributed by atoms with van der Waals surface area (Å²) in [5.74, 6) is -1.10. The molecule has 2 heterocycles. The fourth-order valence-corrected chi connectivity index (χ4v) is 2.22. The first kappa shape index (κ1) is 13.1. The van der Waals surface area contributed by atoms with Crippen LogP contribution in [0.25, 0.3) is 16.7 Å². The van der Waals surface area contributed by atoms with E-state index in [0.717, 1.165) is 0 Å². The smallest absolute Gasteiger partial charge is 0.352 e. The number of nitrogens with zero attached hydrogens (tertiary/aromatic N) is 1. The molecule has 0 spiro atoms. The number of pyridine rings is 1. The zero-order chi connectivity index (χ0) is 15.0. The van der Waals surface area contributed by atoms with E-state index in [1.807, 2.05) is 0 Å². The lowest BCUT2D eigenvalue weighted by atomic mass is 10.2. The van der Waals surface area contributed by atoms with Gasteiger partial charge in [-0.1, -0.05) is 12.1 Å². The van der Waals surface area contributed by atoms with Crippen molar-refractivity contribution in [2.24, 2.45) is 0 Å². The number of carbonyl (C=O) groups is 1. The van der Waals surface area contributed by atoms with E-state index < -0.39 is 12.6 Å². The number of aromatic carboxylic acids is 1. The molecule has 21 heavy (non-hydrogen) atoms. The molecule has 3 rings (SSSR count). The number of aromatic nitrogens is 2. The topological polar surface area (TPSA) is 75.1 Å². The van der Waals surface area contributed by atoms with Crippen LogP contribution in [-0.2, 0) is 6.67 Å². The number of halogens is 1. The Hall–Kier alpha value is -2.89. The molecule has 0 bridgehead atoms. The monoisotopic (exact) mass is 286 g/mol. The van der Waals surface area contributed by atoms with Gasteiger partial charge in [-0.2, -0.15) is 0 Å². The lowest BCUT2D eigenvalue weighted by molar-refractivity contribution is 0.0691. The summed E-state index contributed by atoms with van der Waals surface area (Å²) in [5, 5.41) is 9.64. The number of rotatable bonds is 3. The van der Waals surface area contributed by atoms with Crippen molar-refractivity contribution in [2.45, 2.75) is 6.67 Å². The lowest BCUT2D eigenvalue weighted by Crippen LogP contribution is -2.17. The number of carboxylic acid groups (broad SMARTS) is 1. The van der Waals surface area contributed by atoms with Gasteiger partial charge in [-0.05, 0) is 29.8 Å². The van der Waals surface area contributed by atoms with Gasteiger partial charge in [0.05, 0.1) is 5.69 Å². The highest BCUT2D eigenvalue weighted by Crippen LogP contribution is 2.18. The van der Waals surface area contributed by atoms with Gasteiger partial charge in [0.25, 0.3) is 5.56 Å². The Morgan fingerprint density at radius 3 is 2.52 bits per heavy atom. The summed E-state index contributed by atoms with van der Waals surface area (Å²) in [7, 11) is 0. The maximum Gasteiger partial charge on any atom is 0.352 e. The van der Waals surface area contributed by atoms with Gasteiger partial charge in [0.1, 0.15) is 18.0 Å². The molecule has 6 heteroatoms. The third kappa shape index (κ3) is 2.20. The first-order valence-electron chi connectivity index (χ1n) is 6.23. The number of fused-ring (bicyclic) bond motifs is 1. The minimum absolute atomic E-state index is 0.00438.